The van der Waals surface area contributed by atoms with Crippen LogP contribution in [0.1, 0.15) is 31.3 Å². The molecule has 9 nitrogen and oxygen atoms in total. The highest BCUT2D eigenvalue weighted by atomic mass is 16.5. The minimum absolute atomic E-state index is 0.0947. The minimum Gasteiger partial charge on any atom is -0.390 e. The van der Waals surface area contributed by atoms with Crippen molar-refractivity contribution in [3.63, 3.8) is 0 Å². The van der Waals surface area contributed by atoms with Crippen molar-refractivity contribution in [2.24, 2.45) is 13.0 Å². The third-order valence-corrected chi connectivity index (χ3v) is 5.28. The molecule has 138 valence electrons. The van der Waals surface area contributed by atoms with E-state index in [-0.39, 0.29) is 18.2 Å². The van der Waals surface area contributed by atoms with Crippen molar-refractivity contribution in [2.45, 2.75) is 46.1 Å². The molecule has 0 aromatic carbocycles. The molecule has 1 saturated heterocycles. The molecular formula is C17H23N7O2. The topological polar surface area (TPSA) is 117 Å². The van der Waals surface area contributed by atoms with E-state index in [4.69, 9.17) is 15.5 Å². The number of hydrogen-bond acceptors (Lipinski definition) is 7. The van der Waals surface area contributed by atoms with Crippen LogP contribution in [0.3, 0.4) is 0 Å². The molecule has 1 aliphatic heterocycles. The van der Waals surface area contributed by atoms with E-state index in [9.17, 15) is 5.11 Å². The number of aryl methyl sites for hydroxylation is 2. The highest BCUT2D eigenvalue weighted by Crippen LogP contribution is 2.36. The van der Waals surface area contributed by atoms with Crippen LogP contribution in [0, 0.1) is 19.8 Å². The van der Waals surface area contributed by atoms with Crippen molar-refractivity contribution in [1.29, 1.82) is 0 Å². The summed E-state index contributed by atoms with van der Waals surface area (Å²) in [5, 5.41) is 14.7. The summed E-state index contributed by atoms with van der Waals surface area (Å²) in [6.45, 7) is 7.74. The second-order valence-corrected chi connectivity index (χ2v) is 7.02. The molecule has 0 saturated carbocycles. The standard InChI is InChI=1S/C17H23N7O2/c1-7-9(3)22-23(5)12(7)15-20-14(18)11-16(21-15)24(6-19-11)17-8(2)13(25)10(4)26-17/h6,8,10,13,17,25H,1-5H3,(H2,18,20,21). The van der Waals surface area contributed by atoms with E-state index in [0.29, 0.717) is 22.8 Å². The first-order valence-electron chi connectivity index (χ1n) is 8.63. The Labute approximate surface area is 150 Å². The quantitative estimate of drug-likeness (QED) is 0.711. The van der Waals surface area contributed by atoms with E-state index >= 15 is 0 Å². The van der Waals surface area contributed by atoms with Gasteiger partial charge in [0.1, 0.15) is 17.4 Å². The third kappa shape index (κ3) is 2.31. The van der Waals surface area contributed by atoms with E-state index in [0.717, 1.165) is 17.0 Å². The lowest BCUT2D eigenvalue weighted by Gasteiger charge is -2.17. The number of anilines is 1. The van der Waals surface area contributed by atoms with Gasteiger partial charge < -0.3 is 15.6 Å². The average molecular weight is 357 g/mol. The van der Waals surface area contributed by atoms with Crippen molar-refractivity contribution in [2.75, 3.05) is 5.73 Å². The van der Waals surface area contributed by atoms with Gasteiger partial charge in [-0.15, -0.1) is 0 Å². The minimum atomic E-state index is -0.543. The van der Waals surface area contributed by atoms with Gasteiger partial charge in [0, 0.05) is 18.5 Å². The predicted octanol–water partition coefficient (Wildman–Crippen LogP) is 1.34. The maximum atomic E-state index is 10.2. The molecular weight excluding hydrogens is 334 g/mol. The Morgan fingerprint density at radius 3 is 2.54 bits per heavy atom. The number of nitrogen functional groups attached to an aromatic ring is 1. The normalized spacial score (nSPS) is 26.1. The monoisotopic (exact) mass is 357 g/mol. The molecule has 0 amide bonds. The maximum Gasteiger partial charge on any atom is 0.182 e. The molecule has 3 aromatic heterocycles. The summed E-state index contributed by atoms with van der Waals surface area (Å²) in [6.07, 6.45) is 0.486. The van der Waals surface area contributed by atoms with Crippen LogP contribution in [0.4, 0.5) is 5.82 Å². The third-order valence-electron chi connectivity index (χ3n) is 5.28. The summed E-state index contributed by atoms with van der Waals surface area (Å²) >= 11 is 0. The highest BCUT2D eigenvalue weighted by molar-refractivity contribution is 5.83. The van der Waals surface area contributed by atoms with Gasteiger partial charge in [0.05, 0.1) is 24.2 Å². The number of nitrogens with zero attached hydrogens (tertiary/aromatic N) is 6. The number of fused-ring (bicyclic) bond motifs is 1. The predicted molar refractivity (Wildman–Crippen MR) is 96.2 cm³/mol. The van der Waals surface area contributed by atoms with Crippen LogP contribution in [0.25, 0.3) is 22.7 Å². The second kappa shape index (κ2) is 5.75. The fourth-order valence-electron chi connectivity index (χ4n) is 3.65. The van der Waals surface area contributed by atoms with E-state index in [1.165, 1.54) is 0 Å². The number of aliphatic hydroxyl groups excluding tert-OH is 1. The molecule has 3 aromatic rings. The van der Waals surface area contributed by atoms with Crippen molar-refractivity contribution in [3.05, 3.63) is 17.6 Å². The van der Waals surface area contributed by atoms with Crippen LogP contribution in [-0.4, -0.2) is 46.6 Å². The zero-order valence-electron chi connectivity index (χ0n) is 15.5. The summed E-state index contributed by atoms with van der Waals surface area (Å²) in [5.41, 5.74) is 10.0. The fourth-order valence-corrected chi connectivity index (χ4v) is 3.65. The van der Waals surface area contributed by atoms with Crippen LogP contribution in [0.15, 0.2) is 6.33 Å². The molecule has 4 heterocycles. The summed E-state index contributed by atoms with van der Waals surface area (Å²) in [5.74, 6) is 0.709. The lowest BCUT2D eigenvalue weighted by molar-refractivity contribution is -0.00992. The lowest BCUT2D eigenvalue weighted by atomic mass is 10.0. The van der Waals surface area contributed by atoms with Gasteiger partial charge >= 0.3 is 0 Å². The Bertz CT molecular complexity index is 993. The van der Waals surface area contributed by atoms with Gasteiger partial charge in [-0.2, -0.15) is 5.10 Å². The number of imidazole rings is 1. The van der Waals surface area contributed by atoms with Gasteiger partial charge in [-0.05, 0) is 20.8 Å². The van der Waals surface area contributed by atoms with E-state index in [1.54, 1.807) is 11.0 Å². The number of hydrogen-bond donors (Lipinski definition) is 2. The Balaban J connectivity index is 1.89. The average Bonchev–Trinajstić information content (AvgIpc) is 3.19. The van der Waals surface area contributed by atoms with E-state index in [1.807, 2.05) is 39.3 Å². The molecule has 0 radical (unpaired) electrons. The van der Waals surface area contributed by atoms with Gasteiger partial charge in [-0.1, -0.05) is 6.92 Å². The fraction of sp³-hybridized carbons (Fsp3) is 0.529. The number of rotatable bonds is 2. The molecule has 9 heteroatoms. The van der Waals surface area contributed by atoms with Gasteiger partial charge in [0.25, 0.3) is 0 Å². The summed E-state index contributed by atoms with van der Waals surface area (Å²) in [7, 11) is 1.86. The number of aliphatic hydroxyl groups is 1. The first-order chi connectivity index (χ1) is 12.3. The molecule has 0 bridgehead atoms. The molecule has 4 atom stereocenters. The van der Waals surface area contributed by atoms with Crippen LogP contribution in [-0.2, 0) is 11.8 Å². The van der Waals surface area contributed by atoms with Crippen molar-refractivity contribution < 1.29 is 9.84 Å². The van der Waals surface area contributed by atoms with Crippen molar-refractivity contribution >= 4 is 17.0 Å². The smallest absolute Gasteiger partial charge is 0.182 e. The maximum absolute atomic E-state index is 10.2. The van der Waals surface area contributed by atoms with Crippen LogP contribution in [0.2, 0.25) is 0 Å². The summed E-state index contributed by atoms with van der Waals surface area (Å²) in [6, 6.07) is 0. The van der Waals surface area contributed by atoms with Crippen molar-refractivity contribution in [1.82, 2.24) is 29.3 Å². The van der Waals surface area contributed by atoms with E-state index < -0.39 is 6.10 Å². The van der Waals surface area contributed by atoms with E-state index in [2.05, 4.69) is 15.1 Å². The summed E-state index contributed by atoms with van der Waals surface area (Å²) < 4.78 is 9.51. The first-order valence-corrected chi connectivity index (χ1v) is 8.63. The molecule has 0 aliphatic carbocycles. The van der Waals surface area contributed by atoms with Gasteiger partial charge in [-0.3, -0.25) is 9.25 Å². The Morgan fingerprint density at radius 2 is 1.96 bits per heavy atom. The van der Waals surface area contributed by atoms with Crippen LogP contribution in [0.5, 0.6) is 0 Å². The van der Waals surface area contributed by atoms with Crippen LogP contribution < -0.4 is 5.73 Å². The lowest BCUT2D eigenvalue weighted by Crippen LogP contribution is -2.22. The number of nitrogens with two attached hydrogens (primary N) is 1. The zero-order valence-corrected chi connectivity index (χ0v) is 15.5. The molecule has 3 N–H and O–H groups in total. The molecule has 1 aliphatic rings. The molecule has 4 unspecified atom stereocenters. The first kappa shape index (κ1) is 16.9. The highest BCUT2D eigenvalue weighted by Gasteiger charge is 2.40. The second-order valence-electron chi connectivity index (χ2n) is 7.02. The van der Waals surface area contributed by atoms with Gasteiger partial charge in [0.15, 0.2) is 17.3 Å². The largest absolute Gasteiger partial charge is 0.390 e. The SMILES string of the molecule is Cc1nn(C)c(-c2nc(N)c3ncn(C4OC(C)C(O)C4C)c3n2)c1C. The molecule has 26 heavy (non-hydrogen) atoms. The number of ether oxygens (including phenoxy) is 1. The Kier molecular flexibility index (Phi) is 3.74. The Morgan fingerprint density at radius 1 is 1.23 bits per heavy atom. The van der Waals surface area contributed by atoms with Gasteiger partial charge in [0.2, 0.25) is 0 Å². The molecule has 0 spiro atoms. The molecule has 1 fully saturated rings. The van der Waals surface area contributed by atoms with Crippen molar-refractivity contribution in [3.8, 4) is 11.5 Å². The van der Waals surface area contributed by atoms with Crippen LogP contribution >= 0.6 is 0 Å². The zero-order chi connectivity index (χ0) is 18.7. The van der Waals surface area contributed by atoms with Gasteiger partial charge in [-0.25, -0.2) is 15.0 Å². The Hall–Kier alpha value is -2.52. The summed E-state index contributed by atoms with van der Waals surface area (Å²) in [4.78, 5) is 13.5. The molecule has 4 rings (SSSR count). The number of aromatic nitrogens is 6.